The molecule has 0 atom stereocenters. The predicted octanol–water partition coefficient (Wildman–Crippen LogP) is 0.643. The molecule has 6 nitrogen and oxygen atoms in total. The fraction of sp³-hybridized carbons (Fsp3) is 0.333. The van der Waals surface area contributed by atoms with Gasteiger partial charge in [0.25, 0.3) is 0 Å². The summed E-state index contributed by atoms with van der Waals surface area (Å²) in [5.41, 5.74) is 2.67. The summed E-state index contributed by atoms with van der Waals surface area (Å²) in [6, 6.07) is 20.9. The van der Waals surface area contributed by atoms with Crippen molar-refractivity contribution in [3.05, 3.63) is 60.7 Å². The number of hydrogen-bond donors (Lipinski definition) is 0. The minimum absolute atomic E-state index is 0.890. The van der Waals surface area contributed by atoms with E-state index in [9.17, 15) is 19.8 Å². The Kier molecular flexibility index (Phi) is 10.00. The van der Waals surface area contributed by atoms with E-state index in [0.717, 1.165) is 8.97 Å². The maximum absolute atomic E-state index is 9.28. The SMILES string of the molecule is C[N+](C)(C)c1ccccc1.C[N+](C)(C)c1ccccc1.O=C([O-])CC(=O)[O-]. The Bertz CT molecular complexity index is 626. The average molecular weight is 374 g/mol. The molecule has 0 aromatic heterocycles. The minimum Gasteiger partial charge on any atom is -0.550 e. The molecule has 0 spiro atoms. The molecule has 2 aromatic carbocycles. The van der Waals surface area contributed by atoms with E-state index in [4.69, 9.17) is 0 Å². The second-order valence-corrected chi connectivity index (χ2v) is 7.62. The van der Waals surface area contributed by atoms with Gasteiger partial charge in [0, 0.05) is 18.4 Å². The van der Waals surface area contributed by atoms with Crippen LogP contribution in [0, 0.1) is 0 Å². The fourth-order valence-electron chi connectivity index (χ4n) is 1.87. The fourth-order valence-corrected chi connectivity index (χ4v) is 1.87. The first-order chi connectivity index (χ1) is 12.3. The third-order valence-corrected chi connectivity index (χ3v) is 3.35. The summed E-state index contributed by atoms with van der Waals surface area (Å²) in [4.78, 5) is 18.6. The van der Waals surface area contributed by atoms with Gasteiger partial charge in [-0.2, -0.15) is 0 Å². The topological polar surface area (TPSA) is 80.3 Å². The molecule has 0 aliphatic rings. The first kappa shape index (κ1) is 24.3. The van der Waals surface area contributed by atoms with Crippen LogP contribution in [-0.2, 0) is 9.59 Å². The van der Waals surface area contributed by atoms with Gasteiger partial charge in [-0.15, -0.1) is 0 Å². The second kappa shape index (κ2) is 11.1. The highest BCUT2D eigenvalue weighted by Gasteiger charge is 2.09. The molecule has 0 bridgehead atoms. The maximum Gasteiger partial charge on any atom is 0.132 e. The molecule has 0 heterocycles. The number of carboxylic acid groups (broad SMARTS) is 2. The number of rotatable bonds is 4. The van der Waals surface area contributed by atoms with Gasteiger partial charge < -0.3 is 19.8 Å². The van der Waals surface area contributed by atoms with Gasteiger partial charge in [0.1, 0.15) is 11.4 Å². The molecule has 0 unspecified atom stereocenters. The number of carboxylic acids is 2. The zero-order chi connectivity index (χ0) is 21.1. The molecule has 0 radical (unpaired) electrons. The lowest BCUT2D eigenvalue weighted by Crippen LogP contribution is -2.34. The molecule has 0 fully saturated rings. The smallest absolute Gasteiger partial charge is 0.132 e. The molecular weight excluding hydrogens is 344 g/mol. The minimum atomic E-state index is -1.63. The van der Waals surface area contributed by atoms with Crippen LogP contribution in [0.5, 0.6) is 0 Å². The largest absolute Gasteiger partial charge is 0.550 e. The molecule has 6 heteroatoms. The van der Waals surface area contributed by atoms with Crippen LogP contribution in [0.25, 0.3) is 0 Å². The molecule has 0 N–H and O–H groups in total. The third-order valence-electron chi connectivity index (χ3n) is 3.35. The van der Waals surface area contributed by atoms with Crippen molar-refractivity contribution in [3.63, 3.8) is 0 Å². The lowest BCUT2D eigenvalue weighted by molar-refractivity contribution is -0.322. The number of aliphatic carboxylic acids is 2. The highest BCUT2D eigenvalue weighted by atomic mass is 16.4. The number of hydrogen-bond acceptors (Lipinski definition) is 4. The average Bonchev–Trinajstić information content (AvgIpc) is 2.55. The van der Waals surface area contributed by atoms with Crippen LogP contribution in [0.3, 0.4) is 0 Å². The molecule has 0 saturated heterocycles. The number of nitrogens with zero attached hydrogens (tertiary/aromatic N) is 2. The third kappa shape index (κ3) is 12.3. The van der Waals surface area contributed by atoms with Crippen molar-refractivity contribution in [2.24, 2.45) is 0 Å². The highest BCUT2D eigenvalue weighted by molar-refractivity contribution is 5.86. The monoisotopic (exact) mass is 374 g/mol. The lowest BCUT2D eigenvalue weighted by Gasteiger charge is -2.22. The van der Waals surface area contributed by atoms with Crippen LogP contribution < -0.4 is 19.2 Å². The van der Waals surface area contributed by atoms with Crippen LogP contribution in [0.4, 0.5) is 11.4 Å². The van der Waals surface area contributed by atoms with Gasteiger partial charge in [-0.05, 0) is 24.3 Å². The van der Waals surface area contributed by atoms with E-state index in [1.54, 1.807) is 0 Å². The van der Waals surface area contributed by atoms with Crippen molar-refractivity contribution in [1.29, 1.82) is 0 Å². The Morgan fingerprint density at radius 3 is 1.00 bits per heavy atom. The van der Waals surface area contributed by atoms with E-state index >= 15 is 0 Å². The molecule has 148 valence electrons. The van der Waals surface area contributed by atoms with Crippen molar-refractivity contribution in [2.75, 3.05) is 42.3 Å². The summed E-state index contributed by atoms with van der Waals surface area (Å²) in [6.45, 7) is 0. The summed E-state index contributed by atoms with van der Waals surface area (Å²) < 4.78 is 1.78. The Balaban J connectivity index is 0.000000384. The maximum atomic E-state index is 9.28. The van der Waals surface area contributed by atoms with E-state index in [1.807, 2.05) is 12.1 Å². The van der Waals surface area contributed by atoms with E-state index in [0.29, 0.717) is 0 Å². The van der Waals surface area contributed by atoms with Gasteiger partial charge in [0.2, 0.25) is 0 Å². The van der Waals surface area contributed by atoms with Crippen molar-refractivity contribution < 1.29 is 19.8 Å². The van der Waals surface area contributed by atoms with Crippen LogP contribution >= 0.6 is 0 Å². The molecule has 0 aliphatic heterocycles. The quantitative estimate of drug-likeness (QED) is 0.581. The molecule has 2 aromatic rings. The van der Waals surface area contributed by atoms with E-state index in [2.05, 4.69) is 90.8 Å². The van der Waals surface area contributed by atoms with Crippen molar-refractivity contribution in [1.82, 2.24) is 8.97 Å². The van der Waals surface area contributed by atoms with Crippen LogP contribution in [0.2, 0.25) is 0 Å². The molecule has 0 amide bonds. The lowest BCUT2D eigenvalue weighted by atomic mass is 10.3. The van der Waals surface area contributed by atoms with Crippen LogP contribution in [-0.4, -0.2) is 54.2 Å². The van der Waals surface area contributed by atoms with Crippen LogP contribution in [0.1, 0.15) is 6.42 Å². The molecule has 0 aliphatic carbocycles. The highest BCUT2D eigenvalue weighted by Crippen LogP contribution is 2.14. The van der Waals surface area contributed by atoms with Crippen molar-refractivity contribution in [2.45, 2.75) is 6.42 Å². The number of quaternary nitrogens is 2. The second-order valence-electron chi connectivity index (χ2n) is 7.62. The summed E-state index contributed by atoms with van der Waals surface area (Å²) in [7, 11) is 13.0. The van der Waals surface area contributed by atoms with Gasteiger partial charge in [-0.1, -0.05) is 36.4 Å². The molecule has 2 rings (SSSR count). The van der Waals surface area contributed by atoms with E-state index in [-0.39, 0.29) is 0 Å². The normalized spacial score (nSPS) is 10.6. The zero-order valence-corrected chi connectivity index (χ0v) is 17.0. The first-order valence-electron chi connectivity index (χ1n) is 8.48. The Morgan fingerprint density at radius 1 is 0.630 bits per heavy atom. The van der Waals surface area contributed by atoms with Gasteiger partial charge in [-0.3, -0.25) is 8.97 Å². The molecule has 27 heavy (non-hydrogen) atoms. The summed E-state index contributed by atoms with van der Waals surface area (Å²) in [5.74, 6) is -3.25. The van der Waals surface area contributed by atoms with Gasteiger partial charge in [-0.25, -0.2) is 0 Å². The summed E-state index contributed by atoms with van der Waals surface area (Å²) in [6.07, 6.45) is -1.03. The number of carbonyl (C=O) groups excluding carboxylic acids is 2. The van der Waals surface area contributed by atoms with Gasteiger partial charge in [0.05, 0.1) is 42.3 Å². The van der Waals surface area contributed by atoms with Gasteiger partial charge >= 0.3 is 0 Å². The first-order valence-corrected chi connectivity index (χ1v) is 8.48. The van der Waals surface area contributed by atoms with Crippen molar-refractivity contribution >= 4 is 23.3 Å². The standard InChI is InChI=1S/2C9H14N.C3H4O4/c2*1-10(2,3)9-7-5-4-6-8-9;4-2(5)1-3(6)7/h2*4-8H,1-3H3;1H2,(H,4,5)(H,6,7)/q2*+1;/p-2. The Labute approximate surface area is 162 Å². The Morgan fingerprint density at radius 2 is 0.889 bits per heavy atom. The predicted molar refractivity (Wildman–Crippen MR) is 107 cm³/mol. The van der Waals surface area contributed by atoms with Crippen molar-refractivity contribution in [3.8, 4) is 0 Å². The summed E-state index contributed by atoms with van der Waals surface area (Å²) in [5, 5.41) is 18.6. The number of carbonyl (C=O) groups is 2. The number of para-hydroxylation sites is 2. The van der Waals surface area contributed by atoms with E-state index < -0.39 is 18.4 Å². The molecule has 0 saturated carbocycles. The Hall–Kier alpha value is -2.70. The van der Waals surface area contributed by atoms with Gasteiger partial charge in [0.15, 0.2) is 0 Å². The van der Waals surface area contributed by atoms with Crippen LogP contribution in [0.15, 0.2) is 60.7 Å². The summed E-state index contributed by atoms with van der Waals surface area (Å²) >= 11 is 0. The zero-order valence-electron chi connectivity index (χ0n) is 17.0. The molecular formula is C21H30N2O4. The number of benzene rings is 2. The van der Waals surface area contributed by atoms with E-state index in [1.165, 1.54) is 11.4 Å².